The minimum atomic E-state index is -0.951. The molecule has 88 valence electrons. The Hall–Kier alpha value is -1.40. The van der Waals surface area contributed by atoms with Crippen molar-refractivity contribution in [3.8, 4) is 0 Å². The summed E-state index contributed by atoms with van der Waals surface area (Å²) >= 11 is 4.78. The van der Waals surface area contributed by atoms with Crippen LogP contribution in [0.2, 0.25) is 0 Å². The summed E-state index contributed by atoms with van der Waals surface area (Å²) < 4.78 is 0.745. The number of nitrogens with zero attached hydrogens (tertiary/aromatic N) is 1. The van der Waals surface area contributed by atoms with Gasteiger partial charge in [-0.05, 0) is 18.2 Å². The predicted molar refractivity (Wildman–Crippen MR) is 70.5 cm³/mol. The molecule has 1 heterocycles. The van der Waals surface area contributed by atoms with Crippen LogP contribution in [0.3, 0.4) is 0 Å². The van der Waals surface area contributed by atoms with Crippen molar-refractivity contribution in [1.82, 2.24) is 4.98 Å². The fraction of sp³-hybridized carbons (Fsp3) is 0.0909. The molecule has 0 aliphatic heterocycles. The SMILES string of the molecule is O=C(O)c1cc(Br)ccc1NCc1nccs1. The highest BCUT2D eigenvalue weighted by Gasteiger charge is 2.10. The molecule has 2 aromatic rings. The average molecular weight is 313 g/mol. The van der Waals surface area contributed by atoms with Gasteiger partial charge in [0, 0.05) is 21.7 Å². The monoisotopic (exact) mass is 312 g/mol. The highest BCUT2D eigenvalue weighted by Crippen LogP contribution is 2.22. The Kier molecular flexibility index (Phi) is 3.75. The topological polar surface area (TPSA) is 62.2 Å². The standard InChI is InChI=1S/C11H9BrN2O2S/c12-7-1-2-9(8(5-7)11(15)16)14-6-10-13-3-4-17-10/h1-5,14H,6H2,(H,15,16). The second-order valence-electron chi connectivity index (χ2n) is 3.27. The van der Waals surface area contributed by atoms with E-state index in [2.05, 4.69) is 26.2 Å². The second-order valence-corrected chi connectivity index (χ2v) is 5.17. The van der Waals surface area contributed by atoms with Gasteiger partial charge in [-0.15, -0.1) is 11.3 Å². The van der Waals surface area contributed by atoms with Crippen molar-refractivity contribution in [1.29, 1.82) is 0 Å². The lowest BCUT2D eigenvalue weighted by molar-refractivity contribution is 0.0698. The number of nitrogens with one attached hydrogen (secondary N) is 1. The highest BCUT2D eigenvalue weighted by molar-refractivity contribution is 9.10. The van der Waals surface area contributed by atoms with Crippen LogP contribution < -0.4 is 5.32 Å². The maximum absolute atomic E-state index is 11.1. The normalized spacial score (nSPS) is 10.2. The summed E-state index contributed by atoms with van der Waals surface area (Å²) in [7, 11) is 0. The van der Waals surface area contributed by atoms with Crippen LogP contribution in [-0.4, -0.2) is 16.1 Å². The van der Waals surface area contributed by atoms with Gasteiger partial charge in [-0.3, -0.25) is 0 Å². The van der Waals surface area contributed by atoms with Crippen LogP contribution >= 0.6 is 27.3 Å². The average Bonchev–Trinajstić information content (AvgIpc) is 2.80. The Labute approximate surface area is 110 Å². The Bertz CT molecular complexity index is 528. The van der Waals surface area contributed by atoms with E-state index >= 15 is 0 Å². The Morgan fingerprint density at radius 3 is 3.00 bits per heavy atom. The van der Waals surface area contributed by atoms with Gasteiger partial charge in [0.15, 0.2) is 0 Å². The van der Waals surface area contributed by atoms with Gasteiger partial charge >= 0.3 is 5.97 Å². The van der Waals surface area contributed by atoms with Gasteiger partial charge in [0.1, 0.15) is 5.01 Å². The largest absolute Gasteiger partial charge is 0.478 e. The summed E-state index contributed by atoms with van der Waals surface area (Å²) in [6.07, 6.45) is 1.72. The minimum Gasteiger partial charge on any atom is -0.478 e. The van der Waals surface area contributed by atoms with Crippen molar-refractivity contribution in [3.05, 3.63) is 44.8 Å². The molecule has 17 heavy (non-hydrogen) atoms. The van der Waals surface area contributed by atoms with Gasteiger partial charge in [0.2, 0.25) is 0 Å². The Morgan fingerprint density at radius 2 is 2.35 bits per heavy atom. The van der Waals surface area contributed by atoms with Crippen LogP contribution in [-0.2, 0) is 6.54 Å². The zero-order valence-corrected chi connectivity index (χ0v) is 11.1. The molecule has 0 unspecified atom stereocenters. The number of aromatic carboxylic acids is 1. The molecule has 0 fully saturated rings. The first-order chi connectivity index (χ1) is 8.16. The van der Waals surface area contributed by atoms with Crippen LogP contribution in [0.15, 0.2) is 34.2 Å². The smallest absolute Gasteiger partial charge is 0.337 e. The maximum atomic E-state index is 11.1. The first-order valence-electron chi connectivity index (χ1n) is 4.82. The molecule has 0 atom stereocenters. The van der Waals surface area contributed by atoms with Gasteiger partial charge < -0.3 is 10.4 Å². The molecular formula is C11H9BrN2O2S. The zero-order chi connectivity index (χ0) is 12.3. The lowest BCUT2D eigenvalue weighted by atomic mass is 10.2. The predicted octanol–water partition coefficient (Wildman–Crippen LogP) is 3.22. The van der Waals surface area contributed by atoms with Crippen molar-refractivity contribution in [2.24, 2.45) is 0 Å². The van der Waals surface area contributed by atoms with Crippen molar-refractivity contribution >= 4 is 38.9 Å². The quantitative estimate of drug-likeness (QED) is 0.910. The van der Waals surface area contributed by atoms with E-state index in [1.807, 2.05) is 5.38 Å². The molecule has 0 radical (unpaired) electrons. The minimum absolute atomic E-state index is 0.246. The lowest BCUT2D eigenvalue weighted by Crippen LogP contribution is -2.06. The van der Waals surface area contributed by atoms with Gasteiger partial charge in [-0.25, -0.2) is 9.78 Å². The van der Waals surface area contributed by atoms with E-state index in [1.54, 1.807) is 24.4 Å². The third-order valence-corrected chi connectivity index (χ3v) is 3.40. The van der Waals surface area contributed by atoms with Crippen molar-refractivity contribution in [2.75, 3.05) is 5.32 Å². The van der Waals surface area contributed by atoms with Crippen molar-refractivity contribution in [3.63, 3.8) is 0 Å². The van der Waals surface area contributed by atoms with E-state index in [-0.39, 0.29) is 5.56 Å². The van der Waals surface area contributed by atoms with E-state index in [9.17, 15) is 4.79 Å². The van der Waals surface area contributed by atoms with E-state index in [4.69, 9.17) is 5.11 Å². The third kappa shape index (κ3) is 3.04. The van der Waals surface area contributed by atoms with Crippen LogP contribution in [0, 0.1) is 0 Å². The molecule has 6 heteroatoms. The molecular weight excluding hydrogens is 304 g/mol. The number of rotatable bonds is 4. The molecule has 0 amide bonds. The Morgan fingerprint density at radius 1 is 1.53 bits per heavy atom. The number of hydrogen-bond donors (Lipinski definition) is 2. The summed E-state index contributed by atoms with van der Waals surface area (Å²) in [4.78, 5) is 15.2. The molecule has 1 aromatic carbocycles. The van der Waals surface area contributed by atoms with Gasteiger partial charge in [-0.2, -0.15) is 0 Å². The number of carboxylic acid groups (broad SMARTS) is 1. The number of hydrogen-bond acceptors (Lipinski definition) is 4. The fourth-order valence-corrected chi connectivity index (χ4v) is 2.28. The van der Waals surface area contributed by atoms with E-state index < -0.39 is 5.97 Å². The molecule has 2 N–H and O–H groups in total. The van der Waals surface area contributed by atoms with Crippen LogP contribution in [0.5, 0.6) is 0 Å². The number of aromatic nitrogens is 1. The molecule has 0 saturated heterocycles. The molecule has 0 bridgehead atoms. The molecule has 0 spiro atoms. The summed E-state index contributed by atoms with van der Waals surface area (Å²) in [5, 5.41) is 15.0. The first-order valence-corrected chi connectivity index (χ1v) is 6.49. The number of carboxylic acids is 1. The van der Waals surface area contributed by atoms with E-state index in [0.29, 0.717) is 12.2 Å². The molecule has 0 saturated carbocycles. The molecule has 1 aromatic heterocycles. The molecule has 4 nitrogen and oxygen atoms in total. The van der Waals surface area contributed by atoms with Crippen LogP contribution in [0.4, 0.5) is 5.69 Å². The van der Waals surface area contributed by atoms with Gasteiger partial charge in [0.25, 0.3) is 0 Å². The number of halogens is 1. The van der Waals surface area contributed by atoms with Crippen LogP contribution in [0.1, 0.15) is 15.4 Å². The zero-order valence-electron chi connectivity index (χ0n) is 8.68. The Balaban J connectivity index is 2.17. The summed E-state index contributed by atoms with van der Waals surface area (Å²) in [5.41, 5.74) is 0.840. The molecule has 0 aliphatic rings. The first kappa shape index (κ1) is 12.1. The summed E-state index contributed by atoms with van der Waals surface area (Å²) in [6.45, 7) is 0.527. The number of carbonyl (C=O) groups is 1. The number of anilines is 1. The van der Waals surface area contributed by atoms with E-state index in [0.717, 1.165) is 9.48 Å². The lowest BCUT2D eigenvalue weighted by Gasteiger charge is -2.08. The summed E-state index contributed by atoms with van der Waals surface area (Å²) in [6, 6.07) is 5.12. The van der Waals surface area contributed by atoms with Gasteiger partial charge in [-0.1, -0.05) is 15.9 Å². The number of benzene rings is 1. The van der Waals surface area contributed by atoms with E-state index in [1.165, 1.54) is 11.3 Å². The van der Waals surface area contributed by atoms with Gasteiger partial charge in [0.05, 0.1) is 12.1 Å². The number of thiazole rings is 1. The van der Waals surface area contributed by atoms with Crippen molar-refractivity contribution in [2.45, 2.75) is 6.54 Å². The fourth-order valence-electron chi connectivity index (χ4n) is 1.36. The maximum Gasteiger partial charge on any atom is 0.337 e. The molecule has 0 aliphatic carbocycles. The van der Waals surface area contributed by atoms with Crippen LogP contribution in [0.25, 0.3) is 0 Å². The third-order valence-electron chi connectivity index (χ3n) is 2.13. The highest BCUT2D eigenvalue weighted by atomic mass is 79.9. The van der Waals surface area contributed by atoms with Crippen molar-refractivity contribution < 1.29 is 9.90 Å². The second kappa shape index (κ2) is 5.29. The summed E-state index contributed by atoms with van der Waals surface area (Å²) in [5.74, 6) is -0.951. The molecule has 2 rings (SSSR count).